The number of hydrogen-bond acceptors (Lipinski definition) is 2. The Balaban J connectivity index is 4.74. The van der Waals surface area contributed by atoms with Crippen molar-refractivity contribution in [2.75, 3.05) is 7.11 Å². The SMILES string of the molecule is CCC(C)/C(=C\C=C(/C)OC)C(C)=O. The van der Waals surface area contributed by atoms with Crippen molar-refractivity contribution in [2.24, 2.45) is 5.92 Å². The Morgan fingerprint density at radius 1 is 1.36 bits per heavy atom. The standard InChI is InChI=1S/C12H20O2/c1-6-9(2)12(11(4)13)8-7-10(3)14-5/h7-9H,6H2,1-5H3/b10-7+,12-8+. The molecule has 0 N–H and O–H groups in total. The van der Waals surface area contributed by atoms with Crippen LogP contribution in [-0.2, 0) is 9.53 Å². The zero-order valence-electron chi connectivity index (χ0n) is 9.76. The zero-order valence-corrected chi connectivity index (χ0v) is 9.76. The zero-order chi connectivity index (χ0) is 11.1. The normalized spacial score (nSPS) is 15.2. The van der Waals surface area contributed by atoms with Gasteiger partial charge in [-0.3, -0.25) is 4.79 Å². The minimum absolute atomic E-state index is 0.138. The molecule has 1 atom stereocenters. The van der Waals surface area contributed by atoms with E-state index in [0.29, 0.717) is 5.92 Å². The molecule has 14 heavy (non-hydrogen) atoms. The first-order valence-corrected chi connectivity index (χ1v) is 4.96. The Hall–Kier alpha value is -1.05. The van der Waals surface area contributed by atoms with E-state index in [1.54, 1.807) is 14.0 Å². The Kier molecular flexibility index (Phi) is 5.93. The Bertz CT molecular complexity index is 249. The summed E-state index contributed by atoms with van der Waals surface area (Å²) in [7, 11) is 1.62. The highest BCUT2D eigenvalue weighted by Crippen LogP contribution is 2.15. The molecule has 0 spiro atoms. The molecule has 0 aromatic carbocycles. The molecule has 0 radical (unpaired) electrons. The lowest BCUT2D eigenvalue weighted by atomic mass is 9.95. The molecule has 0 saturated carbocycles. The van der Waals surface area contributed by atoms with Crippen molar-refractivity contribution < 1.29 is 9.53 Å². The van der Waals surface area contributed by atoms with Crippen molar-refractivity contribution in [1.82, 2.24) is 0 Å². The Labute approximate surface area is 86.6 Å². The van der Waals surface area contributed by atoms with Crippen LogP contribution in [0.4, 0.5) is 0 Å². The lowest BCUT2D eigenvalue weighted by Crippen LogP contribution is -2.06. The maximum Gasteiger partial charge on any atom is 0.156 e. The third-order valence-electron chi connectivity index (χ3n) is 2.37. The van der Waals surface area contributed by atoms with E-state index in [0.717, 1.165) is 17.8 Å². The molecule has 0 heterocycles. The van der Waals surface area contributed by atoms with Crippen molar-refractivity contribution >= 4 is 5.78 Å². The highest BCUT2D eigenvalue weighted by atomic mass is 16.5. The molecule has 2 nitrogen and oxygen atoms in total. The van der Waals surface area contributed by atoms with E-state index < -0.39 is 0 Å². The van der Waals surface area contributed by atoms with E-state index in [4.69, 9.17) is 4.74 Å². The first-order valence-electron chi connectivity index (χ1n) is 4.96. The molecule has 0 bridgehead atoms. The number of ether oxygens (including phenoxy) is 1. The van der Waals surface area contributed by atoms with Crippen LogP contribution in [0.25, 0.3) is 0 Å². The maximum atomic E-state index is 11.3. The van der Waals surface area contributed by atoms with Crippen LogP contribution in [0, 0.1) is 5.92 Å². The summed E-state index contributed by atoms with van der Waals surface area (Å²) in [5, 5.41) is 0. The number of allylic oxidation sites excluding steroid dienone is 4. The summed E-state index contributed by atoms with van der Waals surface area (Å²) < 4.78 is 5.00. The topological polar surface area (TPSA) is 26.3 Å². The van der Waals surface area contributed by atoms with Crippen LogP contribution in [0.3, 0.4) is 0 Å². The number of ketones is 1. The van der Waals surface area contributed by atoms with Crippen LogP contribution in [0.15, 0.2) is 23.5 Å². The van der Waals surface area contributed by atoms with Gasteiger partial charge in [0, 0.05) is 0 Å². The van der Waals surface area contributed by atoms with Crippen LogP contribution in [0.2, 0.25) is 0 Å². The lowest BCUT2D eigenvalue weighted by molar-refractivity contribution is -0.114. The number of methoxy groups -OCH3 is 1. The van der Waals surface area contributed by atoms with Gasteiger partial charge in [-0.15, -0.1) is 0 Å². The minimum atomic E-state index is 0.138. The molecule has 0 amide bonds. The van der Waals surface area contributed by atoms with Gasteiger partial charge in [-0.25, -0.2) is 0 Å². The van der Waals surface area contributed by atoms with Crippen molar-refractivity contribution in [1.29, 1.82) is 0 Å². The van der Waals surface area contributed by atoms with Crippen molar-refractivity contribution in [3.05, 3.63) is 23.5 Å². The number of carbonyl (C=O) groups is 1. The third-order valence-corrected chi connectivity index (χ3v) is 2.37. The van der Waals surface area contributed by atoms with Crippen LogP contribution in [-0.4, -0.2) is 12.9 Å². The van der Waals surface area contributed by atoms with Crippen LogP contribution < -0.4 is 0 Å². The average molecular weight is 196 g/mol. The van der Waals surface area contributed by atoms with Crippen molar-refractivity contribution in [2.45, 2.75) is 34.1 Å². The second kappa shape index (κ2) is 6.41. The monoisotopic (exact) mass is 196 g/mol. The molecular weight excluding hydrogens is 176 g/mol. The van der Waals surface area contributed by atoms with E-state index in [1.807, 2.05) is 19.1 Å². The Morgan fingerprint density at radius 2 is 1.93 bits per heavy atom. The van der Waals surface area contributed by atoms with E-state index in [9.17, 15) is 4.79 Å². The van der Waals surface area contributed by atoms with Gasteiger partial charge in [0.2, 0.25) is 0 Å². The summed E-state index contributed by atoms with van der Waals surface area (Å²) >= 11 is 0. The third kappa shape index (κ3) is 4.26. The van der Waals surface area contributed by atoms with E-state index >= 15 is 0 Å². The lowest BCUT2D eigenvalue weighted by Gasteiger charge is -2.09. The molecule has 80 valence electrons. The Morgan fingerprint density at radius 3 is 2.29 bits per heavy atom. The van der Waals surface area contributed by atoms with Gasteiger partial charge in [0.25, 0.3) is 0 Å². The van der Waals surface area contributed by atoms with Gasteiger partial charge >= 0.3 is 0 Å². The summed E-state index contributed by atoms with van der Waals surface area (Å²) in [6, 6.07) is 0. The quantitative estimate of drug-likeness (QED) is 0.383. The fourth-order valence-electron chi connectivity index (χ4n) is 1.12. The number of carbonyl (C=O) groups excluding carboxylic acids is 1. The maximum absolute atomic E-state index is 11.3. The molecule has 0 aliphatic carbocycles. The highest BCUT2D eigenvalue weighted by molar-refractivity contribution is 5.93. The molecule has 0 fully saturated rings. The summed E-state index contributed by atoms with van der Waals surface area (Å²) in [6.07, 6.45) is 4.67. The highest BCUT2D eigenvalue weighted by Gasteiger charge is 2.09. The number of hydrogen-bond donors (Lipinski definition) is 0. The first-order chi connectivity index (χ1) is 6.52. The summed E-state index contributed by atoms with van der Waals surface area (Å²) in [5.41, 5.74) is 0.865. The molecular formula is C12H20O2. The predicted molar refractivity (Wildman–Crippen MR) is 59.0 cm³/mol. The number of rotatable bonds is 5. The van der Waals surface area contributed by atoms with Gasteiger partial charge in [-0.1, -0.05) is 19.9 Å². The largest absolute Gasteiger partial charge is 0.501 e. The van der Waals surface area contributed by atoms with E-state index in [2.05, 4.69) is 13.8 Å². The fraction of sp³-hybridized carbons (Fsp3) is 0.583. The van der Waals surface area contributed by atoms with E-state index in [1.165, 1.54) is 0 Å². The molecule has 0 aromatic rings. The molecule has 0 aliphatic heterocycles. The van der Waals surface area contributed by atoms with Crippen LogP contribution in [0.1, 0.15) is 34.1 Å². The predicted octanol–water partition coefficient (Wildman–Crippen LogP) is 3.10. The smallest absolute Gasteiger partial charge is 0.156 e. The molecule has 2 heteroatoms. The second-order valence-electron chi connectivity index (χ2n) is 3.47. The summed E-state index contributed by atoms with van der Waals surface area (Å²) in [4.78, 5) is 11.3. The average Bonchev–Trinajstić information content (AvgIpc) is 2.16. The first kappa shape index (κ1) is 12.9. The fourth-order valence-corrected chi connectivity index (χ4v) is 1.12. The summed E-state index contributed by atoms with van der Waals surface area (Å²) in [5.74, 6) is 1.26. The van der Waals surface area contributed by atoms with Crippen LogP contribution >= 0.6 is 0 Å². The molecule has 0 rings (SSSR count). The minimum Gasteiger partial charge on any atom is -0.501 e. The van der Waals surface area contributed by atoms with E-state index in [-0.39, 0.29) is 5.78 Å². The van der Waals surface area contributed by atoms with Crippen molar-refractivity contribution in [3.63, 3.8) is 0 Å². The van der Waals surface area contributed by atoms with Gasteiger partial charge < -0.3 is 4.74 Å². The molecule has 0 aromatic heterocycles. The van der Waals surface area contributed by atoms with Gasteiger partial charge in [0.05, 0.1) is 12.9 Å². The van der Waals surface area contributed by atoms with Gasteiger partial charge in [0.1, 0.15) is 0 Å². The summed E-state index contributed by atoms with van der Waals surface area (Å²) in [6.45, 7) is 7.61. The van der Waals surface area contributed by atoms with Gasteiger partial charge in [0.15, 0.2) is 5.78 Å². The molecule has 1 unspecified atom stereocenters. The van der Waals surface area contributed by atoms with Crippen molar-refractivity contribution in [3.8, 4) is 0 Å². The van der Waals surface area contributed by atoms with Gasteiger partial charge in [-0.05, 0) is 37.8 Å². The molecule has 0 aliphatic rings. The van der Waals surface area contributed by atoms with Gasteiger partial charge in [-0.2, -0.15) is 0 Å². The molecule has 0 saturated heterocycles. The number of Topliss-reactive ketones (excluding diaryl/α,β-unsaturated/α-hetero) is 1. The van der Waals surface area contributed by atoms with Crippen LogP contribution in [0.5, 0.6) is 0 Å². The second-order valence-corrected chi connectivity index (χ2v) is 3.47.